The van der Waals surface area contributed by atoms with Gasteiger partial charge in [0.2, 0.25) is 0 Å². The molecule has 0 aliphatic carbocycles. The average Bonchev–Trinajstić information content (AvgIpc) is 2.72. The standard InChI is InChI=1S/C21H24N2O4/c24-14-16-3-2-10-23(13-16)20(25)18-4-1-5-19(11-18)22-12-15-6-8-17(9-7-15)21(26)27/h1,4-9,11,16,22,24H,2-3,10,12-14H2,(H,26,27). The van der Waals surface area contributed by atoms with Crippen LogP contribution >= 0.6 is 0 Å². The fourth-order valence-corrected chi connectivity index (χ4v) is 3.31. The maximum Gasteiger partial charge on any atom is 0.335 e. The summed E-state index contributed by atoms with van der Waals surface area (Å²) in [6.45, 7) is 1.98. The van der Waals surface area contributed by atoms with E-state index in [9.17, 15) is 14.7 Å². The maximum absolute atomic E-state index is 12.7. The number of hydrogen-bond donors (Lipinski definition) is 3. The number of anilines is 1. The Morgan fingerprint density at radius 2 is 1.89 bits per heavy atom. The molecule has 0 bridgehead atoms. The summed E-state index contributed by atoms with van der Waals surface area (Å²) in [7, 11) is 0. The molecule has 1 atom stereocenters. The number of carboxylic acid groups (broad SMARTS) is 1. The van der Waals surface area contributed by atoms with Gasteiger partial charge in [-0.2, -0.15) is 0 Å². The molecule has 3 N–H and O–H groups in total. The summed E-state index contributed by atoms with van der Waals surface area (Å²) in [6, 6.07) is 14.1. The van der Waals surface area contributed by atoms with Crippen LogP contribution < -0.4 is 5.32 Å². The van der Waals surface area contributed by atoms with E-state index in [0.717, 1.165) is 30.6 Å². The van der Waals surface area contributed by atoms with Crippen molar-refractivity contribution in [3.05, 3.63) is 65.2 Å². The van der Waals surface area contributed by atoms with Gasteiger partial charge in [-0.1, -0.05) is 18.2 Å². The summed E-state index contributed by atoms with van der Waals surface area (Å²) in [4.78, 5) is 25.5. The van der Waals surface area contributed by atoms with E-state index >= 15 is 0 Å². The first-order valence-corrected chi connectivity index (χ1v) is 9.13. The molecule has 1 aliphatic heterocycles. The van der Waals surface area contributed by atoms with E-state index in [-0.39, 0.29) is 24.0 Å². The molecule has 0 spiro atoms. The number of aliphatic hydroxyl groups excluding tert-OH is 1. The molecule has 1 unspecified atom stereocenters. The van der Waals surface area contributed by atoms with Gasteiger partial charge < -0.3 is 20.4 Å². The number of likely N-dealkylation sites (tertiary alicyclic amines) is 1. The van der Waals surface area contributed by atoms with Gasteiger partial charge in [0.05, 0.1) is 5.56 Å². The molecule has 142 valence electrons. The summed E-state index contributed by atoms with van der Waals surface area (Å²) >= 11 is 0. The molecule has 3 rings (SSSR count). The first-order valence-electron chi connectivity index (χ1n) is 9.13. The van der Waals surface area contributed by atoms with Crippen LogP contribution in [-0.2, 0) is 6.54 Å². The Morgan fingerprint density at radius 1 is 1.11 bits per heavy atom. The highest BCUT2D eigenvalue weighted by molar-refractivity contribution is 5.95. The molecule has 1 heterocycles. The van der Waals surface area contributed by atoms with Gasteiger partial charge in [0, 0.05) is 37.5 Å². The van der Waals surface area contributed by atoms with Crippen molar-refractivity contribution in [3.63, 3.8) is 0 Å². The van der Waals surface area contributed by atoms with Gasteiger partial charge in [-0.15, -0.1) is 0 Å². The Hall–Kier alpha value is -2.86. The monoisotopic (exact) mass is 368 g/mol. The number of carboxylic acids is 1. The summed E-state index contributed by atoms with van der Waals surface area (Å²) in [5, 5.41) is 21.6. The molecule has 1 amide bonds. The third kappa shape index (κ3) is 4.86. The van der Waals surface area contributed by atoms with E-state index in [1.54, 1.807) is 30.3 Å². The lowest BCUT2D eigenvalue weighted by Crippen LogP contribution is -2.40. The van der Waals surface area contributed by atoms with E-state index in [0.29, 0.717) is 18.7 Å². The highest BCUT2D eigenvalue weighted by Crippen LogP contribution is 2.20. The summed E-state index contributed by atoms with van der Waals surface area (Å²) < 4.78 is 0. The zero-order valence-corrected chi connectivity index (χ0v) is 15.1. The number of carbonyl (C=O) groups is 2. The third-order valence-electron chi connectivity index (χ3n) is 4.87. The van der Waals surface area contributed by atoms with E-state index < -0.39 is 5.97 Å². The van der Waals surface area contributed by atoms with Gasteiger partial charge in [-0.05, 0) is 54.7 Å². The second kappa shape index (κ2) is 8.68. The molecule has 0 aromatic heterocycles. The Balaban J connectivity index is 1.63. The van der Waals surface area contributed by atoms with Crippen LogP contribution in [0.1, 0.15) is 39.1 Å². The Labute approximate surface area is 158 Å². The van der Waals surface area contributed by atoms with Crippen molar-refractivity contribution in [1.82, 2.24) is 4.90 Å². The van der Waals surface area contributed by atoms with Gasteiger partial charge in [-0.3, -0.25) is 4.79 Å². The van der Waals surface area contributed by atoms with Crippen molar-refractivity contribution < 1.29 is 19.8 Å². The first-order chi connectivity index (χ1) is 13.1. The van der Waals surface area contributed by atoms with Crippen LogP contribution in [0.4, 0.5) is 5.69 Å². The Bertz CT molecular complexity index is 804. The second-order valence-electron chi connectivity index (χ2n) is 6.88. The SMILES string of the molecule is O=C(O)c1ccc(CNc2cccc(C(=O)N3CCCC(CO)C3)c2)cc1. The number of benzene rings is 2. The molecule has 1 saturated heterocycles. The van der Waals surface area contributed by atoms with Crippen molar-refractivity contribution in [1.29, 1.82) is 0 Å². The molecule has 1 fully saturated rings. The lowest BCUT2D eigenvalue weighted by molar-refractivity contribution is 0.0619. The number of rotatable bonds is 6. The summed E-state index contributed by atoms with van der Waals surface area (Å²) in [5.74, 6) is -0.790. The van der Waals surface area contributed by atoms with Crippen molar-refractivity contribution in [3.8, 4) is 0 Å². The van der Waals surface area contributed by atoms with Crippen molar-refractivity contribution >= 4 is 17.6 Å². The molecule has 1 aliphatic rings. The number of aliphatic hydroxyl groups is 1. The minimum absolute atomic E-state index is 0.0115. The van der Waals surface area contributed by atoms with Crippen LogP contribution in [0.2, 0.25) is 0 Å². The molecular formula is C21H24N2O4. The van der Waals surface area contributed by atoms with Crippen molar-refractivity contribution in [2.24, 2.45) is 5.92 Å². The van der Waals surface area contributed by atoms with Crippen LogP contribution in [0.3, 0.4) is 0 Å². The van der Waals surface area contributed by atoms with E-state index in [1.165, 1.54) is 0 Å². The van der Waals surface area contributed by atoms with E-state index in [2.05, 4.69) is 5.32 Å². The molecule has 27 heavy (non-hydrogen) atoms. The molecule has 0 radical (unpaired) electrons. The van der Waals surface area contributed by atoms with Crippen LogP contribution in [0.25, 0.3) is 0 Å². The Kier molecular flexibility index (Phi) is 6.08. The average molecular weight is 368 g/mol. The number of nitrogens with zero attached hydrogens (tertiary/aromatic N) is 1. The highest BCUT2D eigenvalue weighted by atomic mass is 16.4. The van der Waals surface area contributed by atoms with Gasteiger partial charge in [-0.25, -0.2) is 4.79 Å². The zero-order valence-electron chi connectivity index (χ0n) is 15.1. The first kappa shape index (κ1) is 18.9. The summed E-state index contributed by atoms with van der Waals surface area (Å²) in [5.41, 5.74) is 2.67. The highest BCUT2D eigenvalue weighted by Gasteiger charge is 2.24. The normalized spacial score (nSPS) is 16.8. The number of piperidine rings is 1. The molecular weight excluding hydrogens is 344 g/mol. The van der Waals surface area contributed by atoms with Crippen molar-refractivity contribution in [2.45, 2.75) is 19.4 Å². The maximum atomic E-state index is 12.7. The smallest absolute Gasteiger partial charge is 0.335 e. The number of aromatic carboxylic acids is 1. The lowest BCUT2D eigenvalue weighted by Gasteiger charge is -2.32. The largest absolute Gasteiger partial charge is 0.478 e. The topological polar surface area (TPSA) is 89.9 Å². The second-order valence-corrected chi connectivity index (χ2v) is 6.88. The predicted octanol–water partition coefficient (Wildman–Crippen LogP) is 2.84. The fourth-order valence-electron chi connectivity index (χ4n) is 3.31. The van der Waals surface area contributed by atoms with Crippen LogP contribution in [0, 0.1) is 5.92 Å². The zero-order chi connectivity index (χ0) is 19.2. The van der Waals surface area contributed by atoms with E-state index in [1.807, 2.05) is 23.1 Å². The van der Waals surface area contributed by atoms with E-state index in [4.69, 9.17) is 5.11 Å². The Morgan fingerprint density at radius 3 is 2.59 bits per heavy atom. The minimum atomic E-state index is -0.943. The number of amides is 1. The van der Waals surface area contributed by atoms with Gasteiger partial charge in [0.1, 0.15) is 0 Å². The molecule has 2 aromatic carbocycles. The molecule has 6 nitrogen and oxygen atoms in total. The molecule has 6 heteroatoms. The minimum Gasteiger partial charge on any atom is -0.478 e. The number of hydrogen-bond acceptors (Lipinski definition) is 4. The number of nitrogens with one attached hydrogen (secondary N) is 1. The molecule has 2 aromatic rings. The predicted molar refractivity (Wildman–Crippen MR) is 103 cm³/mol. The summed E-state index contributed by atoms with van der Waals surface area (Å²) in [6.07, 6.45) is 1.88. The van der Waals surface area contributed by atoms with Gasteiger partial charge in [0.25, 0.3) is 5.91 Å². The van der Waals surface area contributed by atoms with Crippen LogP contribution in [0.5, 0.6) is 0 Å². The fraction of sp³-hybridized carbons (Fsp3) is 0.333. The number of carbonyl (C=O) groups excluding carboxylic acids is 1. The quantitative estimate of drug-likeness (QED) is 0.729. The van der Waals surface area contributed by atoms with Crippen LogP contribution in [-0.4, -0.2) is 46.7 Å². The van der Waals surface area contributed by atoms with Gasteiger partial charge >= 0.3 is 5.97 Å². The molecule has 0 saturated carbocycles. The third-order valence-corrected chi connectivity index (χ3v) is 4.87. The lowest BCUT2D eigenvalue weighted by atomic mass is 9.98. The van der Waals surface area contributed by atoms with Crippen molar-refractivity contribution in [2.75, 3.05) is 25.0 Å². The van der Waals surface area contributed by atoms with Gasteiger partial charge in [0.15, 0.2) is 0 Å². The van der Waals surface area contributed by atoms with Crippen LogP contribution in [0.15, 0.2) is 48.5 Å².